The number of halogens is 4. The summed E-state index contributed by atoms with van der Waals surface area (Å²) in [5, 5.41) is 0. The van der Waals surface area contributed by atoms with Crippen LogP contribution in [0.15, 0.2) is 36.5 Å². The molecule has 4 fully saturated rings. The number of hydrogen-bond donors (Lipinski definition) is 0. The van der Waals surface area contributed by atoms with Gasteiger partial charge in [0.15, 0.2) is 5.60 Å². The lowest BCUT2D eigenvalue weighted by atomic mass is 9.31. The minimum atomic E-state index is -3.24. The molecule has 3 saturated carbocycles. The predicted octanol–water partition coefficient (Wildman–Crippen LogP) is 4.35. The highest BCUT2D eigenvalue weighted by Crippen LogP contribution is 2.81. The maximum absolute atomic E-state index is 15.5. The molecule has 2 bridgehead atoms. The monoisotopic (exact) mass is 379 g/mol. The molecule has 1 aliphatic heterocycles. The molecule has 0 spiro atoms. The van der Waals surface area contributed by atoms with Crippen LogP contribution in [0.1, 0.15) is 30.4 Å². The molecule has 3 nitrogen and oxygen atoms in total. The molecule has 4 aliphatic rings. The molecule has 3 aliphatic carbocycles. The molecule has 1 aromatic carbocycles. The maximum Gasteiger partial charge on any atom is 0.288 e. The number of benzene rings is 1. The smallest absolute Gasteiger partial charge is 0.288 e. The first-order valence-electron chi connectivity index (χ1n) is 8.76. The fourth-order valence-electron chi connectivity index (χ4n) is 5.07. The molecule has 2 heterocycles. The summed E-state index contributed by atoms with van der Waals surface area (Å²) in [5.74, 6) is -4.55. The van der Waals surface area contributed by atoms with E-state index in [2.05, 4.69) is 4.98 Å². The van der Waals surface area contributed by atoms with E-state index in [0.29, 0.717) is 31.2 Å². The zero-order valence-electron chi connectivity index (χ0n) is 14.6. The summed E-state index contributed by atoms with van der Waals surface area (Å²) >= 11 is 0. The average molecular weight is 379 g/mol. The second kappa shape index (κ2) is 5.01. The Balaban J connectivity index is 1.41. The Kier molecular flexibility index (Phi) is 3.15. The van der Waals surface area contributed by atoms with Gasteiger partial charge in [0.1, 0.15) is 11.6 Å². The van der Waals surface area contributed by atoms with Crippen LogP contribution in [0.4, 0.5) is 17.6 Å². The maximum atomic E-state index is 15.5. The van der Waals surface area contributed by atoms with Crippen LogP contribution in [0, 0.1) is 17.0 Å². The highest BCUT2D eigenvalue weighted by Gasteiger charge is 2.85. The molecule has 0 radical (unpaired) electrons. The molecule has 0 amide bonds. The van der Waals surface area contributed by atoms with E-state index in [4.69, 9.17) is 9.47 Å². The fraction of sp³-hybridized carbons (Fsp3) is 0.450. The first kappa shape index (κ1) is 17.0. The minimum absolute atomic E-state index is 0.263. The lowest BCUT2D eigenvalue weighted by Crippen LogP contribution is -2.74. The molecule has 7 heteroatoms. The van der Waals surface area contributed by atoms with Crippen LogP contribution in [0.25, 0.3) is 0 Å². The first-order chi connectivity index (χ1) is 12.8. The standard InChI is InChI=1S/C20H17F4NO2/c1-26-16-5-2-12(7-25-16)17-8-18(9-17,10-17)20(23,24)19(11-27-19)14-4-3-13(21)6-15(14)22/h2-7H,8-11H2,1H3. The molecule has 1 unspecified atom stereocenters. The van der Waals surface area contributed by atoms with Gasteiger partial charge in [0.05, 0.1) is 13.7 Å². The summed E-state index contributed by atoms with van der Waals surface area (Å²) < 4.78 is 68.5. The zero-order valence-corrected chi connectivity index (χ0v) is 14.6. The van der Waals surface area contributed by atoms with Crippen molar-refractivity contribution in [3.63, 3.8) is 0 Å². The molecular formula is C20H17F4NO2. The van der Waals surface area contributed by atoms with Crippen molar-refractivity contribution >= 4 is 0 Å². The summed E-state index contributed by atoms with van der Waals surface area (Å²) in [7, 11) is 1.52. The van der Waals surface area contributed by atoms with Gasteiger partial charge in [0.25, 0.3) is 5.92 Å². The van der Waals surface area contributed by atoms with Crippen molar-refractivity contribution in [2.45, 2.75) is 36.2 Å². The third kappa shape index (κ3) is 1.98. The van der Waals surface area contributed by atoms with E-state index in [1.165, 1.54) is 7.11 Å². The Morgan fingerprint density at radius 1 is 1.11 bits per heavy atom. The van der Waals surface area contributed by atoms with Crippen LogP contribution >= 0.6 is 0 Å². The lowest BCUT2D eigenvalue weighted by Gasteiger charge is -2.73. The molecule has 6 rings (SSSR count). The number of aromatic nitrogens is 1. The van der Waals surface area contributed by atoms with Gasteiger partial charge in [0, 0.05) is 29.3 Å². The van der Waals surface area contributed by atoms with Crippen LogP contribution in [0.5, 0.6) is 5.88 Å². The second-order valence-electron chi connectivity index (χ2n) is 7.99. The summed E-state index contributed by atoms with van der Waals surface area (Å²) in [6, 6.07) is 6.27. The molecule has 1 aromatic heterocycles. The zero-order chi connectivity index (χ0) is 19.1. The molecule has 2 aromatic rings. The second-order valence-corrected chi connectivity index (χ2v) is 7.99. The van der Waals surface area contributed by atoms with Crippen LogP contribution < -0.4 is 4.74 Å². The van der Waals surface area contributed by atoms with Crippen molar-refractivity contribution in [2.24, 2.45) is 5.41 Å². The lowest BCUT2D eigenvalue weighted by molar-refractivity contribution is -0.306. The molecule has 0 N–H and O–H groups in total. The summed E-state index contributed by atoms with van der Waals surface area (Å²) in [6.07, 6.45) is 2.57. The third-order valence-corrected chi connectivity index (χ3v) is 6.56. The van der Waals surface area contributed by atoms with E-state index in [1.807, 2.05) is 6.07 Å². The number of hydrogen-bond acceptors (Lipinski definition) is 3. The number of epoxide rings is 1. The molecular weight excluding hydrogens is 362 g/mol. The molecule has 1 saturated heterocycles. The fourth-order valence-corrected chi connectivity index (χ4v) is 5.07. The van der Waals surface area contributed by atoms with Crippen LogP contribution in [-0.2, 0) is 15.8 Å². The van der Waals surface area contributed by atoms with E-state index in [-0.39, 0.29) is 17.6 Å². The predicted molar refractivity (Wildman–Crippen MR) is 87.7 cm³/mol. The topological polar surface area (TPSA) is 34.6 Å². The van der Waals surface area contributed by atoms with Crippen molar-refractivity contribution in [3.8, 4) is 5.88 Å². The van der Waals surface area contributed by atoms with Gasteiger partial charge in [-0.15, -0.1) is 0 Å². The number of rotatable bonds is 5. The van der Waals surface area contributed by atoms with Gasteiger partial charge < -0.3 is 9.47 Å². The van der Waals surface area contributed by atoms with Gasteiger partial charge in [0.2, 0.25) is 5.88 Å². The van der Waals surface area contributed by atoms with Gasteiger partial charge in [-0.1, -0.05) is 6.07 Å². The molecule has 27 heavy (non-hydrogen) atoms. The van der Waals surface area contributed by atoms with E-state index in [9.17, 15) is 8.78 Å². The Bertz CT molecular complexity index is 904. The number of nitrogens with zero attached hydrogens (tertiary/aromatic N) is 1. The van der Waals surface area contributed by atoms with Crippen LogP contribution in [0.2, 0.25) is 0 Å². The van der Waals surface area contributed by atoms with Gasteiger partial charge in [-0.3, -0.25) is 0 Å². The van der Waals surface area contributed by atoms with E-state index in [1.54, 1.807) is 12.3 Å². The van der Waals surface area contributed by atoms with Crippen molar-refractivity contribution < 1.29 is 27.0 Å². The number of ether oxygens (including phenoxy) is 2. The number of methoxy groups -OCH3 is 1. The summed E-state index contributed by atoms with van der Waals surface area (Å²) in [4.78, 5) is 4.16. The van der Waals surface area contributed by atoms with E-state index < -0.39 is 28.6 Å². The van der Waals surface area contributed by atoms with E-state index in [0.717, 1.165) is 17.7 Å². The largest absolute Gasteiger partial charge is 0.481 e. The Morgan fingerprint density at radius 2 is 1.81 bits per heavy atom. The molecule has 142 valence electrons. The van der Waals surface area contributed by atoms with Crippen LogP contribution in [-0.4, -0.2) is 24.6 Å². The third-order valence-electron chi connectivity index (χ3n) is 6.56. The van der Waals surface area contributed by atoms with Gasteiger partial charge >= 0.3 is 0 Å². The SMILES string of the molecule is COc1ccc(C23CC(C(F)(F)C4(c5ccc(F)cc5F)CO4)(C2)C3)cn1. The number of pyridine rings is 1. The summed E-state index contributed by atoms with van der Waals surface area (Å²) in [6.45, 7) is -0.263. The van der Waals surface area contributed by atoms with Crippen molar-refractivity contribution in [3.05, 3.63) is 59.3 Å². The minimum Gasteiger partial charge on any atom is -0.481 e. The number of alkyl halides is 2. The highest BCUT2D eigenvalue weighted by atomic mass is 19.3. The van der Waals surface area contributed by atoms with Crippen molar-refractivity contribution in [2.75, 3.05) is 13.7 Å². The van der Waals surface area contributed by atoms with Crippen LogP contribution in [0.3, 0.4) is 0 Å². The Hall–Kier alpha value is -2.15. The Labute approximate surface area is 153 Å². The van der Waals surface area contributed by atoms with Crippen molar-refractivity contribution in [1.29, 1.82) is 0 Å². The van der Waals surface area contributed by atoms with E-state index >= 15 is 8.78 Å². The van der Waals surface area contributed by atoms with Gasteiger partial charge in [-0.2, -0.15) is 0 Å². The van der Waals surface area contributed by atoms with Gasteiger partial charge in [-0.05, 0) is 42.4 Å². The quantitative estimate of drug-likeness (QED) is 0.572. The average Bonchev–Trinajstić information content (AvgIpc) is 3.35. The normalized spacial score (nSPS) is 33.8. The van der Waals surface area contributed by atoms with Crippen molar-refractivity contribution in [1.82, 2.24) is 4.98 Å². The highest BCUT2D eigenvalue weighted by molar-refractivity contribution is 5.44. The molecule has 1 atom stereocenters. The summed E-state index contributed by atoms with van der Waals surface area (Å²) in [5.41, 5.74) is -2.86. The Morgan fingerprint density at radius 3 is 2.33 bits per heavy atom. The van der Waals surface area contributed by atoms with Gasteiger partial charge in [-0.25, -0.2) is 22.5 Å². The first-order valence-corrected chi connectivity index (χ1v) is 8.76.